The van der Waals surface area contributed by atoms with Crippen LogP contribution in [0.5, 0.6) is 0 Å². The summed E-state index contributed by atoms with van der Waals surface area (Å²) in [5.41, 5.74) is -3.77. The van der Waals surface area contributed by atoms with Gasteiger partial charge >= 0.3 is 30.0 Å². The van der Waals surface area contributed by atoms with Crippen molar-refractivity contribution in [3.05, 3.63) is 0 Å². The molecular weight excluding hydrogens is 790 g/mol. The number of unbranched alkanes of at least 4 members (excludes halogenated alkanes) is 2. The van der Waals surface area contributed by atoms with E-state index >= 15 is 0 Å². The zero-order chi connectivity index (χ0) is 45.7. The quantitative estimate of drug-likeness (QED) is 0.0699. The lowest BCUT2D eigenvalue weighted by atomic mass is 9.91. The Labute approximate surface area is 355 Å². The highest BCUT2D eigenvalue weighted by molar-refractivity contribution is 5.79. The van der Waals surface area contributed by atoms with Crippen molar-refractivity contribution in [1.82, 2.24) is 5.32 Å². The summed E-state index contributed by atoms with van der Waals surface area (Å²) in [6.45, 7) is 22.5. The van der Waals surface area contributed by atoms with Gasteiger partial charge in [0, 0.05) is 19.4 Å². The van der Waals surface area contributed by atoms with E-state index < -0.39 is 88.2 Å². The minimum atomic E-state index is -1.47. The Balaban J connectivity index is 2.96. The molecule has 60 heavy (non-hydrogen) atoms. The predicted molar refractivity (Wildman–Crippen MR) is 216 cm³/mol. The summed E-state index contributed by atoms with van der Waals surface area (Å²) < 4.78 is 55.8. The van der Waals surface area contributed by atoms with Gasteiger partial charge in [-0.15, -0.1) is 0 Å². The summed E-state index contributed by atoms with van der Waals surface area (Å²) >= 11 is 0. The van der Waals surface area contributed by atoms with Crippen LogP contribution in [0.4, 0.5) is 4.79 Å². The number of carbonyl (C=O) groups is 6. The molecule has 18 heteroatoms. The number of hydrogen-bond donors (Lipinski definition) is 2. The molecule has 1 heterocycles. The first kappa shape index (κ1) is 54.4. The maximum absolute atomic E-state index is 13.6. The highest BCUT2D eigenvalue weighted by atomic mass is 16.7. The molecule has 0 bridgehead atoms. The fourth-order valence-electron chi connectivity index (χ4n) is 4.91. The largest absolute Gasteiger partial charge is 0.505 e. The Kier molecular flexibility index (Phi) is 23.6. The topological polar surface area (TPSA) is 227 Å². The second kappa shape index (κ2) is 26.0. The van der Waals surface area contributed by atoms with E-state index in [1.165, 1.54) is 0 Å². The minimum absolute atomic E-state index is 0.0210. The van der Waals surface area contributed by atoms with Crippen LogP contribution in [0.2, 0.25) is 0 Å². The molecule has 0 spiro atoms. The Morgan fingerprint density at radius 1 is 0.500 bits per heavy atom. The van der Waals surface area contributed by atoms with E-state index in [-0.39, 0.29) is 32.7 Å². The van der Waals surface area contributed by atoms with Crippen molar-refractivity contribution in [2.45, 2.75) is 146 Å². The van der Waals surface area contributed by atoms with Gasteiger partial charge in [0.15, 0.2) is 12.2 Å². The van der Waals surface area contributed by atoms with Crippen molar-refractivity contribution < 1.29 is 81.2 Å². The third kappa shape index (κ3) is 22.3. The Morgan fingerprint density at radius 2 is 0.933 bits per heavy atom. The van der Waals surface area contributed by atoms with Crippen molar-refractivity contribution in [2.24, 2.45) is 21.7 Å². The van der Waals surface area contributed by atoms with Crippen LogP contribution >= 0.6 is 0 Å². The highest BCUT2D eigenvalue weighted by Crippen LogP contribution is 2.34. The van der Waals surface area contributed by atoms with Crippen LogP contribution in [-0.4, -0.2) is 138 Å². The van der Waals surface area contributed by atoms with Crippen LogP contribution in [0.25, 0.3) is 0 Å². The predicted octanol–water partition coefficient (Wildman–Crippen LogP) is 5.00. The zero-order valence-electron chi connectivity index (χ0n) is 38.0. The summed E-state index contributed by atoms with van der Waals surface area (Å²) in [5, 5.41) is 11.3. The molecule has 348 valence electrons. The number of carbonyl (C=O) groups excluding carboxylic acids is 5. The smallest absolute Gasteiger partial charge is 0.465 e. The Hall–Kier alpha value is -3.58. The van der Waals surface area contributed by atoms with Gasteiger partial charge in [-0.2, -0.15) is 0 Å². The molecule has 0 radical (unpaired) electrons. The molecule has 0 saturated carbocycles. The first-order valence-corrected chi connectivity index (χ1v) is 20.7. The number of hydrogen-bond acceptors (Lipinski definition) is 16. The second-order valence-electron chi connectivity index (χ2n) is 18.6. The molecule has 0 aromatic heterocycles. The van der Waals surface area contributed by atoms with Gasteiger partial charge in [0.2, 0.25) is 12.2 Å². The summed E-state index contributed by atoms with van der Waals surface area (Å²) in [6, 6.07) is -1.28. The first-order valence-electron chi connectivity index (χ1n) is 20.7. The van der Waals surface area contributed by atoms with Crippen molar-refractivity contribution >= 4 is 35.9 Å². The molecule has 0 aromatic carbocycles. The molecule has 18 nitrogen and oxygen atoms in total. The lowest BCUT2D eigenvalue weighted by Gasteiger charge is -2.46. The third-order valence-corrected chi connectivity index (χ3v) is 8.53. The van der Waals surface area contributed by atoms with Crippen molar-refractivity contribution in [2.75, 3.05) is 66.1 Å². The van der Waals surface area contributed by atoms with E-state index in [0.717, 1.165) is 0 Å². The molecule has 1 aliphatic heterocycles. The zero-order valence-corrected chi connectivity index (χ0v) is 38.0. The van der Waals surface area contributed by atoms with Gasteiger partial charge in [0.05, 0.1) is 74.5 Å². The lowest BCUT2D eigenvalue weighted by Crippen LogP contribution is -2.67. The van der Waals surface area contributed by atoms with Gasteiger partial charge in [0.1, 0.15) is 18.8 Å². The number of amides is 1. The van der Waals surface area contributed by atoms with Gasteiger partial charge in [-0.05, 0) is 95.9 Å². The van der Waals surface area contributed by atoms with Crippen LogP contribution in [-0.2, 0) is 71.3 Å². The van der Waals surface area contributed by atoms with Gasteiger partial charge in [-0.1, -0.05) is 6.42 Å². The van der Waals surface area contributed by atoms with E-state index in [1.807, 2.05) is 0 Å². The third-order valence-electron chi connectivity index (χ3n) is 8.53. The molecule has 5 atom stereocenters. The standard InChI is InChI=1S/C42H73NO17/c1-39(2,3)34(45)55-19-17-28-31(58-35(46)40(4,5)6)32(59-36(47)41(7,8)9)30(33(57-28)60-37(48)42(10,11)12)43-29(44)16-14-13-15-18-51-20-21-52-22-23-53-24-25-54-26-27-56-38(49)50/h28,30-33H,13-27H2,1-12H3,(H,43,44)(H,49,50)/t28-,30-,31+,32-,33?/m0/s1. The molecule has 1 saturated heterocycles. The number of carboxylic acid groups (broad SMARTS) is 1. The highest BCUT2D eigenvalue weighted by Gasteiger charge is 2.54. The Morgan fingerprint density at radius 3 is 1.40 bits per heavy atom. The van der Waals surface area contributed by atoms with Crippen LogP contribution in [0.15, 0.2) is 0 Å². The number of esters is 4. The molecule has 0 aliphatic carbocycles. The summed E-state index contributed by atoms with van der Waals surface area (Å²) in [5.74, 6) is -2.86. The van der Waals surface area contributed by atoms with E-state index in [0.29, 0.717) is 65.5 Å². The molecule has 1 rings (SSSR count). The van der Waals surface area contributed by atoms with Gasteiger partial charge in [0.25, 0.3) is 0 Å². The van der Waals surface area contributed by atoms with Crippen molar-refractivity contribution in [3.63, 3.8) is 0 Å². The molecule has 2 N–H and O–H groups in total. The maximum atomic E-state index is 13.6. The fourth-order valence-corrected chi connectivity index (χ4v) is 4.91. The number of rotatable bonds is 25. The minimum Gasteiger partial charge on any atom is -0.465 e. The molecule has 1 unspecified atom stereocenters. The number of ether oxygens (including phenoxy) is 10. The number of nitrogens with one attached hydrogen (secondary N) is 1. The Bertz CT molecular complexity index is 1340. The van der Waals surface area contributed by atoms with Crippen molar-refractivity contribution in [3.8, 4) is 0 Å². The summed E-state index contributed by atoms with van der Waals surface area (Å²) in [4.78, 5) is 76.7. The average Bonchev–Trinajstić information content (AvgIpc) is 3.11. The normalized spacial score (nSPS) is 19.8. The van der Waals surface area contributed by atoms with Gasteiger partial charge in [-0.25, -0.2) is 4.79 Å². The van der Waals surface area contributed by atoms with Crippen LogP contribution < -0.4 is 5.32 Å². The fraction of sp³-hybridized carbons (Fsp3) is 0.857. The monoisotopic (exact) mass is 863 g/mol. The maximum Gasteiger partial charge on any atom is 0.505 e. The van der Waals surface area contributed by atoms with Crippen LogP contribution in [0.3, 0.4) is 0 Å². The van der Waals surface area contributed by atoms with Gasteiger partial charge in [-0.3, -0.25) is 24.0 Å². The van der Waals surface area contributed by atoms with E-state index in [9.17, 15) is 28.8 Å². The summed E-state index contributed by atoms with van der Waals surface area (Å²) in [7, 11) is 0. The average molecular weight is 864 g/mol. The molecular formula is C42H73NO17. The van der Waals surface area contributed by atoms with Gasteiger partial charge < -0.3 is 57.8 Å². The first-order chi connectivity index (χ1) is 27.7. The molecule has 1 fully saturated rings. The van der Waals surface area contributed by atoms with Crippen molar-refractivity contribution in [1.29, 1.82) is 0 Å². The van der Waals surface area contributed by atoms with E-state index in [2.05, 4.69) is 10.1 Å². The summed E-state index contributed by atoms with van der Waals surface area (Å²) in [6.07, 6.45) is -4.71. The van der Waals surface area contributed by atoms with Crippen LogP contribution in [0, 0.1) is 21.7 Å². The van der Waals surface area contributed by atoms with Crippen LogP contribution in [0.1, 0.15) is 115 Å². The van der Waals surface area contributed by atoms with E-state index in [4.69, 9.17) is 47.7 Å². The SMILES string of the molecule is CC(C)(C)C(=O)OCC[C@@H]1OC(OC(=O)C(C)(C)C)[C@@H](NC(=O)CCCCCOCCOCCOCCOCCOC(=O)O)[C@H](OC(=O)C(C)(C)C)[C@@H]1OC(=O)C(C)(C)C. The molecule has 1 aliphatic rings. The second-order valence-corrected chi connectivity index (χ2v) is 18.6. The molecule has 0 aromatic rings. The molecule has 1 amide bonds. The van der Waals surface area contributed by atoms with E-state index in [1.54, 1.807) is 83.1 Å². The lowest BCUT2D eigenvalue weighted by molar-refractivity contribution is -0.273.